The Morgan fingerprint density at radius 2 is 1.74 bits per heavy atom. The zero-order valence-electron chi connectivity index (χ0n) is 11.2. The van der Waals surface area contributed by atoms with Gasteiger partial charge in [0, 0.05) is 5.92 Å². The molecule has 0 aromatic heterocycles. The van der Waals surface area contributed by atoms with Gasteiger partial charge in [-0.3, -0.25) is 9.36 Å². The lowest BCUT2D eigenvalue weighted by atomic mass is 10.3. The maximum atomic E-state index is 14.2. The van der Waals surface area contributed by atoms with Crippen LogP contribution in [0.3, 0.4) is 0 Å². The van der Waals surface area contributed by atoms with Crippen LogP contribution in [0.15, 0.2) is 0 Å². The van der Waals surface area contributed by atoms with Gasteiger partial charge in [-0.1, -0.05) is 0 Å². The van der Waals surface area contributed by atoms with Crippen LogP contribution in [0, 0.1) is 11.8 Å². The largest absolute Gasteiger partial charge is 0.466 e. The van der Waals surface area contributed by atoms with Crippen molar-refractivity contribution in [3.8, 4) is 0 Å². The summed E-state index contributed by atoms with van der Waals surface area (Å²) in [5.74, 6) is -2.95. The predicted octanol–water partition coefficient (Wildman–Crippen LogP) is 3.04. The lowest BCUT2D eigenvalue weighted by Gasteiger charge is -2.25. The summed E-state index contributed by atoms with van der Waals surface area (Å²) in [6.07, 6.45) is -0.0596. The molecule has 0 saturated heterocycles. The Kier molecular flexibility index (Phi) is 5.47. The highest BCUT2D eigenvalue weighted by Gasteiger charge is 2.68. The summed E-state index contributed by atoms with van der Waals surface area (Å²) in [6, 6.07) is 0. The molecule has 112 valence electrons. The summed E-state index contributed by atoms with van der Waals surface area (Å²) in [7, 11) is -4.55. The van der Waals surface area contributed by atoms with Gasteiger partial charge in [-0.25, -0.2) is 0 Å². The first-order chi connectivity index (χ1) is 8.84. The third-order valence-corrected chi connectivity index (χ3v) is 5.05. The standard InChI is InChI=1S/C11H19F2O5P/c1-4-16-10(14)8-7-9(8)11(12,13)19(15,17-5-2)18-6-3/h8-9H,4-7H2,1-3H3/t8-,9-/m0/s1. The Hall–Kier alpha value is -0.520. The normalized spacial score (nSPS) is 23.2. The number of carbonyl (C=O) groups excluding carboxylic acids is 1. The Morgan fingerprint density at radius 1 is 1.21 bits per heavy atom. The molecule has 1 saturated carbocycles. The van der Waals surface area contributed by atoms with E-state index in [1.165, 1.54) is 13.8 Å². The second kappa shape index (κ2) is 6.29. The van der Waals surface area contributed by atoms with Gasteiger partial charge in [0.15, 0.2) is 0 Å². The van der Waals surface area contributed by atoms with Crippen LogP contribution < -0.4 is 0 Å². The maximum Gasteiger partial charge on any atom is 0.399 e. The van der Waals surface area contributed by atoms with Crippen molar-refractivity contribution < 1.29 is 31.9 Å². The summed E-state index contributed by atoms with van der Waals surface area (Å²) in [5.41, 5.74) is -3.67. The van der Waals surface area contributed by atoms with Crippen molar-refractivity contribution in [2.45, 2.75) is 32.9 Å². The number of rotatable bonds is 8. The van der Waals surface area contributed by atoms with Crippen LogP contribution in [-0.4, -0.2) is 31.5 Å². The minimum atomic E-state index is -4.55. The average Bonchev–Trinajstić information content (AvgIpc) is 3.10. The minimum absolute atomic E-state index is 0.0596. The number of ether oxygens (including phenoxy) is 1. The number of carbonyl (C=O) groups is 1. The first-order valence-corrected chi connectivity index (χ1v) is 7.81. The lowest BCUT2D eigenvalue weighted by molar-refractivity contribution is -0.146. The van der Waals surface area contributed by atoms with Crippen LogP contribution in [0.1, 0.15) is 27.2 Å². The number of alkyl halides is 2. The molecule has 2 atom stereocenters. The van der Waals surface area contributed by atoms with Gasteiger partial charge in [-0.2, -0.15) is 8.78 Å². The van der Waals surface area contributed by atoms with E-state index in [4.69, 9.17) is 0 Å². The second-order valence-electron chi connectivity index (χ2n) is 4.12. The van der Waals surface area contributed by atoms with E-state index in [9.17, 15) is 18.1 Å². The van der Waals surface area contributed by atoms with Crippen molar-refractivity contribution in [2.24, 2.45) is 11.8 Å². The van der Waals surface area contributed by atoms with Gasteiger partial charge in [0.05, 0.1) is 25.7 Å². The molecule has 0 amide bonds. The molecule has 0 spiro atoms. The van der Waals surface area contributed by atoms with E-state index in [1.54, 1.807) is 6.92 Å². The molecule has 0 radical (unpaired) electrons. The summed E-state index contributed by atoms with van der Waals surface area (Å²) < 4.78 is 54.4. The fourth-order valence-corrected chi connectivity index (χ4v) is 3.63. The first-order valence-electron chi connectivity index (χ1n) is 6.27. The van der Waals surface area contributed by atoms with Crippen LogP contribution in [0.5, 0.6) is 0 Å². The van der Waals surface area contributed by atoms with E-state index >= 15 is 0 Å². The van der Waals surface area contributed by atoms with E-state index < -0.39 is 31.1 Å². The molecule has 0 aliphatic heterocycles. The lowest BCUT2D eigenvalue weighted by Crippen LogP contribution is -2.25. The molecule has 0 heterocycles. The summed E-state index contributed by atoms with van der Waals surface area (Å²) >= 11 is 0. The molecule has 1 rings (SSSR count). The van der Waals surface area contributed by atoms with E-state index in [1.807, 2.05) is 0 Å². The molecule has 0 N–H and O–H groups in total. The number of esters is 1. The fraction of sp³-hybridized carbons (Fsp3) is 0.909. The Bertz CT molecular complexity index is 364. The van der Waals surface area contributed by atoms with Crippen LogP contribution in [0.2, 0.25) is 0 Å². The molecule has 5 nitrogen and oxygen atoms in total. The van der Waals surface area contributed by atoms with E-state index in [0.717, 1.165) is 0 Å². The number of hydrogen-bond donors (Lipinski definition) is 0. The highest BCUT2D eigenvalue weighted by atomic mass is 31.2. The molecule has 0 aromatic rings. The zero-order chi connectivity index (χ0) is 14.7. The van der Waals surface area contributed by atoms with Gasteiger partial charge in [0.25, 0.3) is 0 Å². The van der Waals surface area contributed by atoms with E-state index in [0.29, 0.717) is 0 Å². The van der Waals surface area contributed by atoms with Crippen LogP contribution >= 0.6 is 7.60 Å². The Morgan fingerprint density at radius 3 is 2.16 bits per heavy atom. The van der Waals surface area contributed by atoms with Gasteiger partial charge in [-0.15, -0.1) is 0 Å². The summed E-state index contributed by atoms with van der Waals surface area (Å²) in [4.78, 5) is 11.4. The minimum Gasteiger partial charge on any atom is -0.466 e. The topological polar surface area (TPSA) is 61.8 Å². The van der Waals surface area contributed by atoms with Crippen molar-refractivity contribution in [2.75, 3.05) is 19.8 Å². The third-order valence-electron chi connectivity index (χ3n) is 2.79. The molecular formula is C11H19F2O5P. The summed E-state index contributed by atoms with van der Waals surface area (Å²) in [6.45, 7) is 4.34. The van der Waals surface area contributed by atoms with Gasteiger partial charge >= 0.3 is 19.2 Å². The average molecular weight is 300 g/mol. The zero-order valence-corrected chi connectivity index (χ0v) is 12.1. The van der Waals surface area contributed by atoms with Gasteiger partial charge in [-0.05, 0) is 27.2 Å². The molecule has 1 fully saturated rings. The van der Waals surface area contributed by atoms with Crippen molar-refractivity contribution in [1.29, 1.82) is 0 Å². The molecule has 1 aliphatic carbocycles. The predicted molar refractivity (Wildman–Crippen MR) is 64.0 cm³/mol. The molecule has 1 aliphatic rings. The van der Waals surface area contributed by atoms with Crippen molar-refractivity contribution >= 4 is 13.6 Å². The SMILES string of the molecule is CCOC(=O)[C@H]1C[C@@H]1C(F)(F)P(=O)(OCC)OCC. The quantitative estimate of drug-likeness (QED) is 0.509. The van der Waals surface area contributed by atoms with Crippen LogP contribution in [0.4, 0.5) is 8.78 Å². The fourth-order valence-electron chi connectivity index (χ4n) is 1.84. The molecule has 0 aromatic carbocycles. The molecule has 0 bridgehead atoms. The maximum absolute atomic E-state index is 14.2. The summed E-state index contributed by atoms with van der Waals surface area (Å²) in [5, 5.41) is 0. The Labute approximate surface area is 111 Å². The third kappa shape index (κ3) is 3.33. The smallest absolute Gasteiger partial charge is 0.399 e. The molecule has 19 heavy (non-hydrogen) atoms. The van der Waals surface area contributed by atoms with Crippen molar-refractivity contribution in [1.82, 2.24) is 0 Å². The van der Waals surface area contributed by atoms with Gasteiger partial charge in [0.1, 0.15) is 0 Å². The number of halogens is 2. The van der Waals surface area contributed by atoms with Crippen molar-refractivity contribution in [3.63, 3.8) is 0 Å². The van der Waals surface area contributed by atoms with Crippen LogP contribution in [-0.2, 0) is 23.1 Å². The van der Waals surface area contributed by atoms with Gasteiger partial charge in [0.2, 0.25) is 0 Å². The monoisotopic (exact) mass is 300 g/mol. The number of hydrogen-bond acceptors (Lipinski definition) is 5. The van der Waals surface area contributed by atoms with E-state index in [-0.39, 0.29) is 26.2 Å². The molecule has 0 unspecified atom stereocenters. The Balaban J connectivity index is 2.80. The van der Waals surface area contributed by atoms with Gasteiger partial charge < -0.3 is 13.8 Å². The molecular weight excluding hydrogens is 281 g/mol. The second-order valence-corrected chi connectivity index (χ2v) is 6.23. The van der Waals surface area contributed by atoms with Crippen LogP contribution in [0.25, 0.3) is 0 Å². The first kappa shape index (κ1) is 16.5. The van der Waals surface area contributed by atoms with Crippen molar-refractivity contribution in [3.05, 3.63) is 0 Å². The van der Waals surface area contributed by atoms with E-state index in [2.05, 4.69) is 13.8 Å². The highest BCUT2D eigenvalue weighted by molar-refractivity contribution is 7.55. The molecule has 8 heteroatoms. The highest BCUT2D eigenvalue weighted by Crippen LogP contribution is 2.70.